The van der Waals surface area contributed by atoms with Crippen molar-refractivity contribution in [3.05, 3.63) is 51.4 Å². The molecular formula is C22H27N3O4S. The molecule has 0 saturated heterocycles. The molecule has 0 fully saturated rings. The Morgan fingerprint density at radius 1 is 1.23 bits per heavy atom. The Labute approximate surface area is 180 Å². The number of amides is 3. The molecule has 3 amide bonds. The van der Waals surface area contributed by atoms with E-state index in [1.54, 1.807) is 11.8 Å². The minimum Gasteiger partial charge on any atom is -0.450 e. The molecule has 160 valence electrons. The van der Waals surface area contributed by atoms with Gasteiger partial charge < -0.3 is 20.7 Å². The molecule has 0 saturated carbocycles. The summed E-state index contributed by atoms with van der Waals surface area (Å²) in [5, 5.41) is 3.29. The third kappa shape index (κ3) is 4.81. The Kier molecular flexibility index (Phi) is 6.77. The fourth-order valence-corrected chi connectivity index (χ4v) is 4.78. The number of nitrogens with one attached hydrogen (secondary N) is 1. The van der Waals surface area contributed by atoms with Crippen molar-refractivity contribution >= 4 is 34.2 Å². The standard InChI is InChI=1S/C22H27N3O4S/c1-4-29-22(28)25-10-9-16-17(12-25)30-21(19(16)20(23)27)24-18(26)11-14-5-7-15(8-6-14)13(2)3/h5-8,13H,4,9-12H2,1-3H3,(H2,23,27)(H,24,26). The second-order valence-corrected chi connectivity index (χ2v) is 8.67. The Balaban J connectivity index is 1.75. The molecule has 0 atom stereocenters. The maximum atomic E-state index is 12.6. The quantitative estimate of drug-likeness (QED) is 0.731. The van der Waals surface area contributed by atoms with Gasteiger partial charge in [0.1, 0.15) is 5.00 Å². The minimum atomic E-state index is -0.575. The third-order valence-electron chi connectivity index (χ3n) is 5.09. The average molecular weight is 430 g/mol. The number of ether oxygens (including phenoxy) is 1. The fraction of sp³-hybridized carbons (Fsp3) is 0.409. The lowest BCUT2D eigenvalue weighted by Crippen LogP contribution is -2.36. The van der Waals surface area contributed by atoms with Gasteiger partial charge in [-0.25, -0.2) is 4.79 Å². The molecular weight excluding hydrogens is 402 g/mol. The summed E-state index contributed by atoms with van der Waals surface area (Å²) >= 11 is 1.29. The second-order valence-electron chi connectivity index (χ2n) is 7.56. The largest absolute Gasteiger partial charge is 0.450 e. The molecule has 7 nitrogen and oxygen atoms in total. The zero-order valence-electron chi connectivity index (χ0n) is 17.5. The highest BCUT2D eigenvalue weighted by Crippen LogP contribution is 2.37. The van der Waals surface area contributed by atoms with Gasteiger partial charge in [-0.2, -0.15) is 0 Å². The molecule has 30 heavy (non-hydrogen) atoms. The zero-order chi connectivity index (χ0) is 21.8. The third-order valence-corrected chi connectivity index (χ3v) is 6.23. The molecule has 0 radical (unpaired) electrons. The summed E-state index contributed by atoms with van der Waals surface area (Å²) in [6.45, 7) is 7.08. The Morgan fingerprint density at radius 3 is 2.53 bits per heavy atom. The number of thiophene rings is 1. The highest BCUT2D eigenvalue weighted by molar-refractivity contribution is 7.17. The van der Waals surface area contributed by atoms with Crippen LogP contribution in [0.1, 0.15) is 58.6 Å². The number of hydrogen-bond donors (Lipinski definition) is 2. The first-order chi connectivity index (χ1) is 14.3. The number of rotatable bonds is 6. The number of carbonyl (C=O) groups excluding carboxylic acids is 3. The highest BCUT2D eigenvalue weighted by Gasteiger charge is 2.30. The van der Waals surface area contributed by atoms with Gasteiger partial charge in [0.15, 0.2) is 0 Å². The van der Waals surface area contributed by atoms with E-state index in [0.29, 0.717) is 42.6 Å². The molecule has 1 aromatic carbocycles. The van der Waals surface area contributed by atoms with Gasteiger partial charge in [-0.05, 0) is 36.0 Å². The van der Waals surface area contributed by atoms with Crippen LogP contribution in [-0.4, -0.2) is 36.0 Å². The molecule has 0 spiro atoms. The number of hydrogen-bond acceptors (Lipinski definition) is 5. The summed E-state index contributed by atoms with van der Waals surface area (Å²) < 4.78 is 5.07. The van der Waals surface area contributed by atoms with Crippen molar-refractivity contribution < 1.29 is 19.1 Å². The molecule has 0 bridgehead atoms. The lowest BCUT2D eigenvalue weighted by molar-refractivity contribution is -0.115. The summed E-state index contributed by atoms with van der Waals surface area (Å²) in [4.78, 5) is 39.2. The van der Waals surface area contributed by atoms with Crippen LogP contribution in [-0.2, 0) is 28.9 Å². The number of nitrogens with two attached hydrogens (primary N) is 1. The topological polar surface area (TPSA) is 102 Å². The highest BCUT2D eigenvalue weighted by atomic mass is 32.1. The van der Waals surface area contributed by atoms with Crippen LogP contribution < -0.4 is 11.1 Å². The van der Waals surface area contributed by atoms with E-state index in [1.807, 2.05) is 24.3 Å². The monoisotopic (exact) mass is 429 g/mol. The fourth-order valence-electron chi connectivity index (χ4n) is 3.50. The summed E-state index contributed by atoms with van der Waals surface area (Å²) in [6.07, 6.45) is 0.316. The molecule has 1 aliphatic heterocycles. The Hall–Kier alpha value is -2.87. The van der Waals surface area contributed by atoms with E-state index in [9.17, 15) is 14.4 Å². The normalized spacial score (nSPS) is 13.1. The molecule has 0 aliphatic carbocycles. The van der Waals surface area contributed by atoms with E-state index < -0.39 is 5.91 Å². The van der Waals surface area contributed by atoms with E-state index in [1.165, 1.54) is 16.9 Å². The summed E-state index contributed by atoms with van der Waals surface area (Å²) in [7, 11) is 0. The molecule has 8 heteroatoms. The SMILES string of the molecule is CCOC(=O)N1CCc2c(sc(NC(=O)Cc3ccc(C(C)C)cc3)c2C(N)=O)C1. The van der Waals surface area contributed by atoms with Crippen LogP contribution in [0.25, 0.3) is 0 Å². The first kappa shape index (κ1) is 21.8. The van der Waals surface area contributed by atoms with Gasteiger partial charge in [0.2, 0.25) is 5.91 Å². The molecule has 3 rings (SSSR count). The van der Waals surface area contributed by atoms with Crippen LogP contribution in [0.2, 0.25) is 0 Å². The van der Waals surface area contributed by atoms with Crippen LogP contribution in [0.3, 0.4) is 0 Å². The Bertz CT molecular complexity index is 950. The van der Waals surface area contributed by atoms with Crippen molar-refractivity contribution in [2.24, 2.45) is 5.73 Å². The van der Waals surface area contributed by atoms with Gasteiger partial charge in [-0.3, -0.25) is 9.59 Å². The van der Waals surface area contributed by atoms with Gasteiger partial charge in [0, 0.05) is 11.4 Å². The lowest BCUT2D eigenvalue weighted by Gasteiger charge is -2.26. The number of primary amides is 1. The molecule has 2 heterocycles. The predicted octanol–water partition coefficient (Wildman–Crippen LogP) is 3.67. The van der Waals surface area contributed by atoms with Crippen molar-refractivity contribution in [2.45, 2.75) is 46.1 Å². The predicted molar refractivity (Wildman–Crippen MR) is 117 cm³/mol. The van der Waals surface area contributed by atoms with Crippen molar-refractivity contribution in [1.29, 1.82) is 0 Å². The van der Waals surface area contributed by atoms with Crippen molar-refractivity contribution in [2.75, 3.05) is 18.5 Å². The molecule has 0 unspecified atom stereocenters. The maximum Gasteiger partial charge on any atom is 0.410 e. The van der Waals surface area contributed by atoms with Crippen LogP contribution >= 0.6 is 11.3 Å². The van der Waals surface area contributed by atoms with Crippen molar-refractivity contribution in [3.8, 4) is 0 Å². The van der Waals surface area contributed by atoms with E-state index in [0.717, 1.165) is 16.0 Å². The van der Waals surface area contributed by atoms with E-state index in [4.69, 9.17) is 10.5 Å². The number of fused-ring (bicyclic) bond motifs is 1. The number of benzene rings is 1. The lowest BCUT2D eigenvalue weighted by atomic mass is 10.0. The average Bonchev–Trinajstić information content (AvgIpc) is 3.05. The van der Waals surface area contributed by atoms with E-state index in [2.05, 4.69) is 19.2 Å². The van der Waals surface area contributed by atoms with E-state index in [-0.39, 0.29) is 18.4 Å². The van der Waals surface area contributed by atoms with Gasteiger partial charge in [0.25, 0.3) is 5.91 Å². The number of anilines is 1. The van der Waals surface area contributed by atoms with Crippen LogP contribution in [0.15, 0.2) is 24.3 Å². The number of nitrogens with zero attached hydrogens (tertiary/aromatic N) is 1. The second kappa shape index (κ2) is 9.30. The first-order valence-electron chi connectivity index (χ1n) is 10.0. The van der Waals surface area contributed by atoms with Gasteiger partial charge in [0.05, 0.1) is 25.1 Å². The van der Waals surface area contributed by atoms with Crippen LogP contribution in [0.4, 0.5) is 9.80 Å². The maximum absolute atomic E-state index is 12.6. The van der Waals surface area contributed by atoms with Gasteiger partial charge >= 0.3 is 6.09 Å². The molecule has 1 aromatic heterocycles. The summed E-state index contributed by atoms with van der Waals surface area (Å²) in [5.41, 5.74) is 8.88. The van der Waals surface area contributed by atoms with Crippen LogP contribution in [0.5, 0.6) is 0 Å². The summed E-state index contributed by atoms with van der Waals surface area (Å²) in [5.74, 6) is -0.359. The summed E-state index contributed by atoms with van der Waals surface area (Å²) in [6, 6.07) is 7.94. The first-order valence-corrected chi connectivity index (χ1v) is 10.9. The zero-order valence-corrected chi connectivity index (χ0v) is 18.3. The Morgan fingerprint density at radius 2 is 1.93 bits per heavy atom. The smallest absolute Gasteiger partial charge is 0.410 e. The minimum absolute atomic E-state index is 0.202. The van der Waals surface area contributed by atoms with E-state index >= 15 is 0 Å². The molecule has 3 N–H and O–H groups in total. The number of carbonyl (C=O) groups is 3. The van der Waals surface area contributed by atoms with Gasteiger partial charge in [-0.1, -0.05) is 38.1 Å². The van der Waals surface area contributed by atoms with Gasteiger partial charge in [-0.15, -0.1) is 11.3 Å². The van der Waals surface area contributed by atoms with Crippen molar-refractivity contribution in [1.82, 2.24) is 4.90 Å². The molecule has 2 aromatic rings. The molecule has 1 aliphatic rings. The van der Waals surface area contributed by atoms with Crippen molar-refractivity contribution in [3.63, 3.8) is 0 Å². The van der Waals surface area contributed by atoms with Crippen LogP contribution in [0, 0.1) is 0 Å².